The molecule has 0 aromatic heterocycles. The van der Waals surface area contributed by atoms with Crippen LogP contribution in [-0.2, 0) is 0 Å². The van der Waals surface area contributed by atoms with E-state index in [9.17, 15) is 0 Å². The summed E-state index contributed by atoms with van der Waals surface area (Å²) < 4.78 is 6.91. The van der Waals surface area contributed by atoms with Crippen molar-refractivity contribution in [2.24, 2.45) is 0 Å². The SMILES string of the molecule is Cc1ccc(Br)cc1OCCCNC1CCCCC1. The Morgan fingerprint density at radius 1 is 1.26 bits per heavy atom. The van der Waals surface area contributed by atoms with Crippen molar-refractivity contribution in [3.63, 3.8) is 0 Å². The third-order valence-electron chi connectivity index (χ3n) is 3.77. The van der Waals surface area contributed by atoms with E-state index in [1.807, 2.05) is 12.1 Å². The Labute approximate surface area is 125 Å². The highest BCUT2D eigenvalue weighted by molar-refractivity contribution is 9.10. The average molecular weight is 326 g/mol. The molecule has 0 radical (unpaired) electrons. The lowest BCUT2D eigenvalue weighted by atomic mass is 9.95. The van der Waals surface area contributed by atoms with Crippen LogP contribution in [0.2, 0.25) is 0 Å². The summed E-state index contributed by atoms with van der Waals surface area (Å²) in [6.45, 7) is 3.94. The lowest BCUT2D eigenvalue weighted by Gasteiger charge is -2.22. The number of benzene rings is 1. The molecule has 3 heteroatoms. The molecule has 1 aliphatic rings. The van der Waals surface area contributed by atoms with Crippen molar-refractivity contribution in [3.8, 4) is 5.75 Å². The van der Waals surface area contributed by atoms with Crippen molar-refractivity contribution in [2.75, 3.05) is 13.2 Å². The van der Waals surface area contributed by atoms with Crippen LogP contribution in [0.3, 0.4) is 0 Å². The van der Waals surface area contributed by atoms with Gasteiger partial charge >= 0.3 is 0 Å². The Kier molecular flexibility index (Phi) is 6.18. The lowest BCUT2D eigenvalue weighted by molar-refractivity contribution is 0.295. The second kappa shape index (κ2) is 7.91. The van der Waals surface area contributed by atoms with E-state index in [2.05, 4.69) is 34.2 Å². The molecule has 0 atom stereocenters. The summed E-state index contributed by atoms with van der Waals surface area (Å²) in [7, 11) is 0. The van der Waals surface area contributed by atoms with Gasteiger partial charge in [-0.15, -0.1) is 0 Å². The van der Waals surface area contributed by atoms with E-state index in [0.29, 0.717) is 0 Å². The molecule has 0 heterocycles. The predicted octanol–water partition coefficient (Wildman–Crippen LogP) is 4.45. The Hall–Kier alpha value is -0.540. The zero-order valence-electron chi connectivity index (χ0n) is 11.8. The quantitative estimate of drug-likeness (QED) is 0.780. The minimum absolute atomic E-state index is 0.751. The first-order chi connectivity index (χ1) is 9.25. The minimum Gasteiger partial charge on any atom is -0.493 e. The fourth-order valence-corrected chi connectivity index (χ4v) is 2.94. The van der Waals surface area contributed by atoms with Gasteiger partial charge in [-0.2, -0.15) is 0 Å². The van der Waals surface area contributed by atoms with E-state index in [1.54, 1.807) is 0 Å². The van der Waals surface area contributed by atoms with E-state index < -0.39 is 0 Å². The van der Waals surface area contributed by atoms with Gasteiger partial charge in [0.05, 0.1) is 6.61 Å². The fraction of sp³-hybridized carbons (Fsp3) is 0.625. The summed E-state index contributed by atoms with van der Waals surface area (Å²) in [5.74, 6) is 0.993. The number of rotatable bonds is 6. The van der Waals surface area contributed by atoms with Crippen molar-refractivity contribution in [1.29, 1.82) is 0 Å². The van der Waals surface area contributed by atoms with Crippen LogP contribution in [-0.4, -0.2) is 19.2 Å². The second-order valence-electron chi connectivity index (χ2n) is 5.40. The van der Waals surface area contributed by atoms with Gasteiger partial charge in [0, 0.05) is 10.5 Å². The van der Waals surface area contributed by atoms with Gasteiger partial charge in [-0.25, -0.2) is 0 Å². The van der Waals surface area contributed by atoms with Crippen LogP contribution in [0.25, 0.3) is 0 Å². The van der Waals surface area contributed by atoms with Crippen LogP contribution < -0.4 is 10.1 Å². The first kappa shape index (κ1) is 14.9. The molecule has 0 saturated heterocycles. The van der Waals surface area contributed by atoms with Gasteiger partial charge in [0.2, 0.25) is 0 Å². The molecule has 1 aromatic carbocycles. The Bertz CT molecular complexity index is 388. The van der Waals surface area contributed by atoms with E-state index in [-0.39, 0.29) is 0 Å². The van der Waals surface area contributed by atoms with Crippen molar-refractivity contribution < 1.29 is 4.74 Å². The molecule has 1 saturated carbocycles. The van der Waals surface area contributed by atoms with Crippen LogP contribution in [0.5, 0.6) is 5.75 Å². The molecule has 2 rings (SSSR count). The zero-order valence-corrected chi connectivity index (χ0v) is 13.3. The number of halogens is 1. The monoisotopic (exact) mass is 325 g/mol. The van der Waals surface area contributed by atoms with Gasteiger partial charge in [-0.3, -0.25) is 0 Å². The summed E-state index contributed by atoms with van der Waals surface area (Å²) in [4.78, 5) is 0. The average Bonchev–Trinajstić information content (AvgIpc) is 2.43. The van der Waals surface area contributed by atoms with E-state index in [0.717, 1.165) is 35.8 Å². The highest BCUT2D eigenvalue weighted by Gasteiger charge is 2.11. The maximum absolute atomic E-state index is 5.84. The van der Waals surface area contributed by atoms with Crippen molar-refractivity contribution in [3.05, 3.63) is 28.2 Å². The van der Waals surface area contributed by atoms with Crippen LogP contribution in [0.1, 0.15) is 44.1 Å². The summed E-state index contributed by atoms with van der Waals surface area (Å²) in [5, 5.41) is 3.64. The summed E-state index contributed by atoms with van der Waals surface area (Å²) in [6.07, 6.45) is 7.99. The number of hydrogen-bond donors (Lipinski definition) is 1. The highest BCUT2D eigenvalue weighted by Crippen LogP contribution is 2.23. The highest BCUT2D eigenvalue weighted by atomic mass is 79.9. The van der Waals surface area contributed by atoms with E-state index >= 15 is 0 Å². The van der Waals surface area contributed by atoms with Crippen LogP contribution in [0.15, 0.2) is 22.7 Å². The normalized spacial score (nSPS) is 16.5. The smallest absolute Gasteiger partial charge is 0.123 e. The predicted molar refractivity (Wildman–Crippen MR) is 83.9 cm³/mol. The number of ether oxygens (including phenoxy) is 1. The third-order valence-corrected chi connectivity index (χ3v) is 4.26. The molecule has 0 aliphatic heterocycles. The van der Waals surface area contributed by atoms with Gasteiger partial charge in [0.15, 0.2) is 0 Å². The van der Waals surface area contributed by atoms with Gasteiger partial charge in [-0.1, -0.05) is 41.3 Å². The van der Waals surface area contributed by atoms with Crippen LogP contribution in [0.4, 0.5) is 0 Å². The minimum atomic E-state index is 0.751. The standard InChI is InChI=1S/C16H24BrNO/c1-13-8-9-14(17)12-16(13)19-11-5-10-18-15-6-3-2-4-7-15/h8-9,12,15,18H,2-7,10-11H2,1H3. The summed E-state index contributed by atoms with van der Waals surface area (Å²) in [6, 6.07) is 6.93. The second-order valence-corrected chi connectivity index (χ2v) is 6.32. The summed E-state index contributed by atoms with van der Waals surface area (Å²) in [5.41, 5.74) is 1.20. The molecule has 1 aromatic rings. The van der Waals surface area contributed by atoms with Crippen LogP contribution in [0, 0.1) is 6.92 Å². The maximum Gasteiger partial charge on any atom is 0.123 e. The largest absolute Gasteiger partial charge is 0.493 e. The van der Waals surface area contributed by atoms with Gasteiger partial charge in [-0.05, 0) is 50.4 Å². The van der Waals surface area contributed by atoms with Crippen molar-refractivity contribution >= 4 is 15.9 Å². The molecule has 106 valence electrons. The number of nitrogens with one attached hydrogen (secondary N) is 1. The molecule has 0 spiro atoms. The Morgan fingerprint density at radius 3 is 2.84 bits per heavy atom. The molecule has 2 nitrogen and oxygen atoms in total. The van der Waals surface area contributed by atoms with Crippen LogP contribution >= 0.6 is 15.9 Å². The molecule has 0 unspecified atom stereocenters. The molecule has 1 aliphatic carbocycles. The molecule has 19 heavy (non-hydrogen) atoms. The van der Waals surface area contributed by atoms with E-state index in [4.69, 9.17) is 4.74 Å². The topological polar surface area (TPSA) is 21.3 Å². The zero-order chi connectivity index (χ0) is 13.5. The first-order valence-electron chi connectivity index (χ1n) is 7.38. The van der Waals surface area contributed by atoms with Gasteiger partial charge < -0.3 is 10.1 Å². The molecule has 1 fully saturated rings. The third kappa shape index (κ3) is 5.15. The van der Waals surface area contributed by atoms with Gasteiger partial charge in [0.25, 0.3) is 0 Å². The molecule has 1 N–H and O–H groups in total. The Morgan fingerprint density at radius 2 is 2.05 bits per heavy atom. The summed E-state index contributed by atoms with van der Waals surface area (Å²) >= 11 is 3.48. The molecule has 0 bridgehead atoms. The maximum atomic E-state index is 5.84. The van der Waals surface area contributed by atoms with Gasteiger partial charge in [0.1, 0.15) is 5.75 Å². The first-order valence-corrected chi connectivity index (χ1v) is 8.17. The Balaban J connectivity index is 1.62. The molecular formula is C16H24BrNO. The fourth-order valence-electron chi connectivity index (χ4n) is 2.60. The molecule has 0 amide bonds. The number of aryl methyl sites for hydroxylation is 1. The van der Waals surface area contributed by atoms with Crippen molar-refractivity contribution in [2.45, 2.75) is 51.5 Å². The lowest BCUT2D eigenvalue weighted by Crippen LogP contribution is -2.32. The van der Waals surface area contributed by atoms with Crippen molar-refractivity contribution in [1.82, 2.24) is 5.32 Å². The molecular weight excluding hydrogens is 302 g/mol. The number of hydrogen-bond acceptors (Lipinski definition) is 2. The van der Waals surface area contributed by atoms with E-state index in [1.165, 1.54) is 37.7 Å².